The van der Waals surface area contributed by atoms with Gasteiger partial charge in [0.1, 0.15) is 23.8 Å². The Balaban J connectivity index is 1.09. The summed E-state index contributed by atoms with van der Waals surface area (Å²) in [6, 6.07) is 17.7. The Kier molecular flexibility index (Phi) is 6.80. The van der Waals surface area contributed by atoms with Crippen molar-refractivity contribution >= 4 is 45.5 Å². The standard InChI is InChI=1S/C31H39N9O/c1-37(2)26-7-5-4-6-25(26)34-30-24-10-12-32-29(24)35-31(36-30)33-21-8-9-27-28(18-21)41-20-23-19-22(11-13-40(23)27)39-16-14-38(3)15-17-39/h4-10,12,18,22-23H,11,13-17,19-20H2,1-3H3,(H3,32,33,34,35,36)/t22?,23-/m1/s1. The summed E-state index contributed by atoms with van der Waals surface area (Å²) >= 11 is 0. The number of hydrogen-bond donors (Lipinski definition) is 3. The van der Waals surface area contributed by atoms with E-state index in [1.54, 1.807) is 0 Å². The van der Waals surface area contributed by atoms with Crippen LogP contribution in [0.5, 0.6) is 5.75 Å². The van der Waals surface area contributed by atoms with E-state index in [9.17, 15) is 0 Å². The van der Waals surface area contributed by atoms with E-state index in [0.29, 0.717) is 18.0 Å². The number of benzene rings is 2. The number of para-hydroxylation sites is 2. The van der Waals surface area contributed by atoms with Gasteiger partial charge in [-0.25, -0.2) is 0 Å². The van der Waals surface area contributed by atoms with Crippen molar-refractivity contribution in [3.63, 3.8) is 0 Å². The molecule has 7 rings (SSSR count). The smallest absolute Gasteiger partial charge is 0.231 e. The molecule has 4 aromatic rings. The number of fused-ring (bicyclic) bond motifs is 4. The molecule has 0 radical (unpaired) electrons. The summed E-state index contributed by atoms with van der Waals surface area (Å²) in [5, 5.41) is 7.89. The van der Waals surface area contributed by atoms with Gasteiger partial charge in [-0.2, -0.15) is 9.97 Å². The van der Waals surface area contributed by atoms with Crippen LogP contribution < -0.4 is 25.2 Å². The van der Waals surface area contributed by atoms with Gasteiger partial charge in [-0.05, 0) is 50.2 Å². The lowest BCUT2D eigenvalue weighted by molar-refractivity contribution is 0.0822. The second kappa shape index (κ2) is 10.8. The summed E-state index contributed by atoms with van der Waals surface area (Å²) in [6.07, 6.45) is 4.26. The number of piperazine rings is 1. The number of piperidine rings is 1. The predicted molar refractivity (Wildman–Crippen MR) is 166 cm³/mol. The van der Waals surface area contributed by atoms with E-state index in [2.05, 4.69) is 72.6 Å². The zero-order valence-electron chi connectivity index (χ0n) is 24.1. The molecule has 2 fully saturated rings. The second-order valence-electron chi connectivity index (χ2n) is 11.7. The highest BCUT2D eigenvalue weighted by molar-refractivity contribution is 5.92. The minimum Gasteiger partial charge on any atom is -0.489 e. The van der Waals surface area contributed by atoms with Crippen LogP contribution in [0.2, 0.25) is 0 Å². The van der Waals surface area contributed by atoms with E-state index in [4.69, 9.17) is 14.7 Å². The molecule has 2 aromatic heterocycles. The summed E-state index contributed by atoms with van der Waals surface area (Å²) in [6.45, 7) is 6.49. The molecular weight excluding hydrogens is 514 g/mol. The first-order chi connectivity index (χ1) is 20.0. The molecule has 0 aliphatic carbocycles. The molecule has 214 valence electrons. The van der Waals surface area contributed by atoms with Crippen LogP contribution in [0.4, 0.5) is 34.5 Å². The molecule has 0 amide bonds. The third kappa shape index (κ3) is 5.13. The summed E-state index contributed by atoms with van der Waals surface area (Å²) in [4.78, 5) is 22.6. The van der Waals surface area contributed by atoms with Crippen LogP contribution in [0.1, 0.15) is 12.8 Å². The Morgan fingerprint density at radius 3 is 2.66 bits per heavy atom. The highest BCUT2D eigenvalue weighted by atomic mass is 16.5. The van der Waals surface area contributed by atoms with Crippen molar-refractivity contribution in [2.45, 2.75) is 24.9 Å². The fourth-order valence-electron chi connectivity index (χ4n) is 6.47. The molecular formula is C31H39N9O. The molecule has 10 nitrogen and oxygen atoms in total. The molecule has 2 atom stereocenters. The number of hydrogen-bond acceptors (Lipinski definition) is 9. The van der Waals surface area contributed by atoms with Gasteiger partial charge in [0.05, 0.1) is 28.5 Å². The van der Waals surface area contributed by atoms with Crippen LogP contribution in [-0.4, -0.2) is 97.3 Å². The summed E-state index contributed by atoms with van der Waals surface area (Å²) in [7, 11) is 6.30. The maximum Gasteiger partial charge on any atom is 0.231 e. The lowest BCUT2D eigenvalue weighted by Gasteiger charge is -2.48. The molecule has 0 saturated carbocycles. The number of aromatic nitrogens is 3. The van der Waals surface area contributed by atoms with Crippen molar-refractivity contribution in [2.75, 3.05) is 80.9 Å². The van der Waals surface area contributed by atoms with Crippen LogP contribution in [0.25, 0.3) is 11.0 Å². The van der Waals surface area contributed by atoms with E-state index in [0.717, 1.165) is 52.8 Å². The number of H-pyrrole nitrogens is 1. The van der Waals surface area contributed by atoms with Gasteiger partial charge < -0.3 is 35.1 Å². The average Bonchev–Trinajstić information content (AvgIpc) is 3.46. The van der Waals surface area contributed by atoms with Crippen molar-refractivity contribution in [1.82, 2.24) is 24.8 Å². The van der Waals surface area contributed by atoms with E-state index in [-0.39, 0.29) is 0 Å². The molecule has 2 aromatic carbocycles. The molecule has 2 saturated heterocycles. The summed E-state index contributed by atoms with van der Waals surface area (Å²) in [5.41, 5.74) is 4.93. The van der Waals surface area contributed by atoms with Gasteiger partial charge in [0, 0.05) is 70.8 Å². The van der Waals surface area contributed by atoms with Crippen LogP contribution in [0, 0.1) is 0 Å². The van der Waals surface area contributed by atoms with E-state index in [1.165, 1.54) is 44.7 Å². The molecule has 10 heteroatoms. The van der Waals surface area contributed by atoms with Gasteiger partial charge in [-0.15, -0.1) is 0 Å². The highest BCUT2D eigenvalue weighted by Gasteiger charge is 2.36. The number of ether oxygens (including phenoxy) is 1. The summed E-state index contributed by atoms with van der Waals surface area (Å²) in [5.74, 6) is 2.18. The van der Waals surface area contributed by atoms with Crippen LogP contribution >= 0.6 is 0 Å². The van der Waals surface area contributed by atoms with Crippen molar-refractivity contribution in [1.29, 1.82) is 0 Å². The average molecular weight is 554 g/mol. The van der Waals surface area contributed by atoms with Gasteiger partial charge in [0.2, 0.25) is 5.95 Å². The van der Waals surface area contributed by atoms with Crippen LogP contribution in [-0.2, 0) is 0 Å². The fraction of sp³-hybridized carbons (Fsp3) is 0.419. The van der Waals surface area contributed by atoms with E-state index in [1.807, 2.05) is 38.5 Å². The zero-order chi connectivity index (χ0) is 27.9. The molecule has 5 heterocycles. The fourth-order valence-corrected chi connectivity index (χ4v) is 6.47. The second-order valence-corrected chi connectivity index (χ2v) is 11.7. The number of nitrogens with one attached hydrogen (secondary N) is 3. The molecule has 3 aliphatic rings. The van der Waals surface area contributed by atoms with E-state index < -0.39 is 0 Å². The normalized spacial score (nSPS) is 21.2. The lowest BCUT2D eigenvalue weighted by Crippen LogP contribution is -2.57. The number of aromatic amines is 1. The van der Waals surface area contributed by atoms with Crippen LogP contribution in [0.3, 0.4) is 0 Å². The Hall–Kier alpha value is -4.02. The molecule has 41 heavy (non-hydrogen) atoms. The maximum atomic E-state index is 6.35. The van der Waals surface area contributed by atoms with E-state index >= 15 is 0 Å². The van der Waals surface area contributed by atoms with Gasteiger partial charge in [-0.3, -0.25) is 4.90 Å². The van der Waals surface area contributed by atoms with Crippen molar-refractivity contribution < 1.29 is 4.74 Å². The lowest BCUT2D eigenvalue weighted by atomic mass is 9.93. The number of rotatable bonds is 6. The van der Waals surface area contributed by atoms with Gasteiger partial charge >= 0.3 is 0 Å². The minimum atomic E-state index is 0.428. The topological polar surface area (TPSA) is 87.8 Å². The Morgan fingerprint density at radius 1 is 0.951 bits per heavy atom. The SMILES string of the molecule is CN1CCN(C2CCN3c4ccc(Nc5nc(Nc6ccccc6N(C)C)c6cc[nH]c6n5)cc4OC[C@H]3C2)CC1. The first-order valence-corrected chi connectivity index (χ1v) is 14.6. The number of likely N-dealkylation sites (N-methyl/N-ethyl adjacent to an activating group) is 1. The van der Waals surface area contributed by atoms with Crippen molar-refractivity contribution in [3.8, 4) is 5.75 Å². The van der Waals surface area contributed by atoms with Gasteiger partial charge in [0.25, 0.3) is 0 Å². The molecule has 0 bridgehead atoms. The molecule has 1 unspecified atom stereocenters. The third-order valence-electron chi connectivity index (χ3n) is 8.75. The minimum absolute atomic E-state index is 0.428. The first-order valence-electron chi connectivity index (χ1n) is 14.6. The molecule has 3 N–H and O–H groups in total. The van der Waals surface area contributed by atoms with Crippen LogP contribution in [0.15, 0.2) is 54.7 Å². The predicted octanol–water partition coefficient (Wildman–Crippen LogP) is 4.49. The molecule has 3 aliphatic heterocycles. The number of nitrogens with zero attached hydrogens (tertiary/aromatic N) is 6. The molecule has 0 spiro atoms. The monoisotopic (exact) mass is 553 g/mol. The third-order valence-corrected chi connectivity index (χ3v) is 8.75. The zero-order valence-corrected chi connectivity index (χ0v) is 24.1. The Bertz CT molecular complexity index is 1530. The highest BCUT2D eigenvalue weighted by Crippen LogP contribution is 2.40. The summed E-state index contributed by atoms with van der Waals surface area (Å²) < 4.78 is 6.35. The van der Waals surface area contributed by atoms with Crippen molar-refractivity contribution in [2.24, 2.45) is 0 Å². The Morgan fingerprint density at radius 2 is 1.80 bits per heavy atom. The Labute approximate surface area is 241 Å². The maximum absolute atomic E-state index is 6.35. The van der Waals surface area contributed by atoms with Gasteiger partial charge in [0.15, 0.2) is 0 Å². The van der Waals surface area contributed by atoms with Gasteiger partial charge in [-0.1, -0.05) is 12.1 Å². The first kappa shape index (κ1) is 25.9. The number of anilines is 6. The quantitative estimate of drug-likeness (QED) is 0.320. The largest absolute Gasteiger partial charge is 0.489 e. The van der Waals surface area contributed by atoms with Crippen molar-refractivity contribution in [3.05, 3.63) is 54.7 Å².